The summed E-state index contributed by atoms with van der Waals surface area (Å²) in [6.45, 7) is 5.51. The van der Waals surface area contributed by atoms with Crippen molar-refractivity contribution in [2.24, 2.45) is 7.05 Å². The average molecular weight is 356 g/mol. The van der Waals surface area contributed by atoms with Crippen molar-refractivity contribution in [1.29, 1.82) is 0 Å². The molecule has 0 aliphatic carbocycles. The molecular formula is C19H28N6O. The minimum atomic E-state index is -0.0260. The number of hydrogen-bond acceptors (Lipinski definition) is 5. The third-order valence-corrected chi connectivity index (χ3v) is 5.07. The van der Waals surface area contributed by atoms with Gasteiger partial charge in [-0.2, -0.15) is 5.10 Å². The van der Waals surface area contributed by atoms with E-state index in [2.05, 4.69) is 15.0 Å². The largest absolute Gasteiger partial charge is 0.332 e. The van der Waals surface area contributed by atoms with Crippen molar-refractivity contribution in [3.8, 4) is 0 Å². The van der Waals surface area contributed by atoms with Crippen LogP contribution >= 0.6 is 0 Å². The molecule has 2 aromatic rings. The van der Waals surface area contributed by atoms with Gasteiger partial charge >= 0.3 is 0 Å². The summed E-state index contributed by atoms with van der Waals surface area (Å²) in [6.07, 6.45) is 4.10. The van der Waals surface area contributed by atoms with Gasteiger partial charge in [0, 0.05) is 37.6 Å². The van der Waals surface area contributed by atoms with Crippen LogP contribution in [0.25, 0.3) is 0 Å². The SMILES string of the molecule is Cc1nn(C)c(C)c1CC(=O)N1CCC[C@H]1c1nccc(CN(C)C)n1. The monoisotopic (exact) mass is 356 g/mol. The van der Waals surface area contributed by atoms with Crippen LogP contribution in [0.4, 0.5) is 0 Å². The first-order valence-electron chi connectivity index (χ1n) is 9.12. The van der Waals surface area contributed by atoms with E-state index in [1.54, 1.807) is 6.20 Å². The second kappa shape index (κ2) is 7.53. The number of hydrogen-bond donors (Lipinski definition) is 0. The first-order chi connectivity index (χ1) is 12.4. The number of carbonyl (C=O) groups excluding carboxylic acids is 1. The number of carbonyl (C=O) groups is 1. The molecule has 1 amide bonds. The van der Waals surface area contributed by atoms with Gasteiger partial charge in [0.15, 0.2) is 5.82 Å². The van der Waals surface area contributed by atoms with E-state index in [-0.39, 0.29) is 11.9 Å². The number of nitrogens with zero attached hydrogens (tertiary/aromatic N) is 6. The predicted octanol–water partition coefficient (Wildman–Crippen LogP) is 1.79. The van der Waals surface area contributed by atoms with Gasteiger partial charge in [0.1, 0.15) is 0 Å². The Kier molecular flexibility index (Phi) is 5.36. The van der Waals surface area contributed by atoms with Crippen LogP contribution in [0.5, 0.6) is 0 Å². The summed E-state index contributed by atoms with van der Waals surface area (Å²) in [6, 6.07) is 1.91. The number of aryl methyl sites for hydroxylation is 2. The highest BCUT2D eigenvalue weighted by molar-refractivity contribution is 5.80. The first kappa shape index (κ1) is 18.5. The molecule has 1 saturated heterocycles. The van der Waals surface area contributed by atoms with Crippen molar-refractivity contribution < 1.29 is 4.79 Å². The van der Waals surface area contributed by atoms with Gasteiger partial charge in [-0.05, 0) is 46.9 Å². The molecular weight excluding hydrogens is 328 g/mol. The minimum absolute atomic E-state index is 0.0260. The Bertz CT molecular complexity index is 797. The Hall–Kier alpha value is -2.28. The molecule has 7 heteroatoms. The lowest BCUT2D eigenvalue weighted by molar-refractivity contribution is -0.131. The first-order valence-corrected chi connectivity index (χ1v) is 9.12. The summed E-state index contributed by atoms with van der Waals surface area (Å²) < 4.78 is 1.84. The Morgan fingerprint density at radius 2 is 2.12 bits per heavy atom. The van der Waals surface area contributed by atoms with E-state index in [9.17, 15) is 4.79 Å². The Labute approximate surface area is 155 Å². The fraction of sp³-hybridized carbons (Fsp3) is 0.579. The molecule has 140 valence electrons. The van der Waals surface area contributed by atoms with E-state index >= 15 is 0 Å². The van der Waals surface area contributed by atoms with E-state index in [1.807, 2.05) is 50.6 Å². The lowest BCUT2D eigenvalue weighted by atomic mass is 10.1. The molecule has 0 aromatic carbocycles. The second-order valence-electron chi connectivity index (χ2n) is 7.34. The molecule has 0 bridgehead atoms. The van der Waals surface area contributed by atoms with Crippen molar-refractivity contribution in [3.63, 3.8) is 0 Å². The van der Waals surface area contributed by atoms with Gasteiger partial charge in [-0.3, -0.25) is 9.48 Å². The quantitative estimate of drug-likeness (QED) is 0.817. The van der Waals surface area contributed by atoms with Gasteiger partial charge in [0.25, 0.3) is 0 Å². The standard InChI is InChI=1S/C19H28N6O/c1-13-16(14(2)24(5)22-13)11-18(26)25-10-6-7-17(25)19-20-9-8-15(21-19)12-23(3)4/h8-9,17H,6-7,10-12H2,1-5H3/t17-/m0/s1. The van der Waals surface area contributed by atoms with Gasteiger partial charge in [-0.25, -0.2) is 9.97 Å². The van der Waals surface area contributed by atoms with Crippen molar-refractivity contribution in [2.45, 2.75) is 45.7 Å². The molecule has 26 heavy (non-hydrogen) atoms. The molecule has 0 spiro atoms. The van der Waals surface area contributed by atoms with Gasteiger partial charge in [-0.15, -0.1) is 0 Å². The van der Waals surface area contributed by atoms with E-state index in [1.165, 1.54) is 0 Å². The van der Waals surface area contributed by atoms with E-state index in [0.717, 1.165) is 54.4 Å². The van der Waals surface area contributed by atoms with E-state index < -0.39 is 0 Å². The Morgan fingerprint density at radius 1 is 1.35 bits per heavy atom. The minimum Gasteiger partial charge on any atom is -0.332 e. The van der Waals surface area contributed by atoms with Crippen molar-refractivity contribution in [1.82, 2.24) is 29.5 Å². The summed E-state index contributed by atoms with van der Waals surface area (Å²) in [7, 11) is 5.95. The highest BCUT2D eigenvalue weighted by Crippen LogP contribution is 2.30. The topological polar surface area (TPSA) is 67.2 Å². The van der Waals surface area contributed by atoms with Crippen molar-refractivity contribution in [2.75, 3.05) is 20.6 Å². The van der Waals surface area contributed by atoms with Crippen molar-refractivity contribution in [3.05, 3.63) is 40.7 Å². The summed E-state index contributed by atoms with van der Waals surface area (Å²) in [4.78, 5) is 26.2. The maximum atomic E-state index is 13.0. The molecule has 3 rings (SSSR count). The zero-order valence-electron chi connectivity index (χ0n) is 16.4. The number of aromatic nitrogens is 4. The van der Waals surface area contributed by atoms with E-state index in [4.69, 9.17) is 4.98 Å². The number of amides is 1. The molecule has 2 aromatic heterocycles. The van der Waals surface area contributed by atoms with Crippen LogP contribution in [0.15, 0.2) is 12.3 Å². The molecule has 0 radical (unpaired) electrons. The highest BCUT2D eigenvalue weighted by Gasteiger charge is 2.32. The molecule has 7 nitrogen and oxygen atoms in total. The lowest BCUT2D eigenvalue weighted by Gasteiger charge is -2.24. The van der Waals surface area contributed by atoms with Crippen molar-refractivity contribution >= 4 is 5.91 Å². The fourth-order valence-corrected chi connectivity index (χ4v) is 3.65. The smallest absolute Gasteiger partial charge is 0.227 e. The molecule has 1 atom stereocenters. The van der Waals surface area contributed by atoms with Gasteiger partial charge in [-0.1, -0.05) is 0 Å². The average Bonchev–Trinajstić information content (AvgIpc) is 3.15. The normalized spacial score (nSPS) is 17.3. The summed E-state index contributed by atoms with van der Waals surface area (Å²) in [5, 5.41) is 4.42. The highest BCUT2D eigenvalue weighted by atomic mass is 16.2. The van der Waals surface area contributed by atoms with Gasteiger partial charge in [0.05, 0.1) is 23.9 Å². The zero-order chi connectivity index (χ0) is 18.8. The maximum absolute atomic E-state index is 13.0. The summed E-state index contributed by atoms with van der Waals surface area (Å²) in [5.41, 5.74) is 4.00. The maximum Gasteiger partial charge on any atom is 0.227 e. The number of rotatable bonds is 5. The molecule has 0 N–H and O–H groups in total. The molecule has 1 fully saturated rings. The van der Waals surface area contributed by atoms with Crippen LogP contribution in [-0.4, -0.2) is 56.1 Å². The molecule has 3 heterocycles. The molecule has 0 unspecified atom stereocenters. The summed E-state index contributed by atoms with van der Waals surface area (Å²) >= 11 is 0. The van der Waals surface area contributed by atoms with Crippen LogP contribution in [0.3, 0.4) is 0 Å². The fourth-order valence-electron chi connectivity index (χ4n) is 3.65. The van der Waals surface area contributed by atoms with Crippen LogP contribution in [0.2, 0.25) is 0 Å². The zero-order valence-corrected chi connectivity index (χ0v) is 16.4. The predicted molar refractivity (Wildman–Crippen MR) is 99.5 cm³/mol. The van der Waals surface area contributed by atoms with Crippen LogP contribution in [0, 0.1) is 13.8 Å². The Balaban J connectivity index is 1.78. The lowest BCUT2D eigenvalue weighted by Crippen LogP contribution is -2.33. The van der Waals surface area contributed by atoms with Crippen LogP contribution in [-0.2, 0) is 24.8 Å². The third-order valence-electron chi connectivity index (χ3n) is 5.07. The molecule has 0 saturated carbocycles. The van der Waals surface area contributed by atoms with Gasteiger partial charge in [0.2, 0.25) is 5.91 Å². The van der Waals surface area contributed by atoms with E-state index in [0.29, 0.717) is 6.42 Å². The molecule has 1 aliphatic heterocycles. The summed E-state index contributed by atoms with van der Waals surface area (Å²) in [5.74, 6) is 0.892. The second-order valence-corrected chi connectivity index (χ2v) is 7.34. The Morgan fingerprint density at radius 3 is 2.77 bits per heavy atom. The molecule has 1 aliphatic rings. The van der Waals surface area contributed by atoms with Gasteiger partial charge < -0.3 is 9.80 Å². The number of likely N-dealkylation sites (tertiary alicyclic amines) is 1. The van der Waals surface area contributed by atoms with Crippen LogP contribution < -0.4 is 0 Å². The van der Waals surface area contributed by atoms with Crippen LogP contribution in [0.1, 0.15) is 47.4 Å². The third kappa shape index (κ3) is 3.77.